The largest absolute Gasteiger partial charge is 0.484 e. The number of hydrogen-bond donors (Lipinski definition) is 3. The number of methoxy groups -OCH3 is 1. The first-order valence-electron chi connectivity index (χ1n) is 10.6. The van der Waals surface area contributed by atoms with Crippen molar-refractivity contribution in [3.05, 3.63) is 66.1 Å². The minimum Gasteiger partial charge on any atom is -0.484 e. The topological polar surface area (TPSA) is 84.1 Å². The van der Waals surface area contributed by atoms with Gasteiger partial charge in [-0.3, -0.25) is 0 Å². The van der Waals surface area contributed by atoms with Gasteiger partial charge in [0.1, 0.15) is 12.4 Å². The highest BCUT2D eigenvalue weighted by atomic mass is 19.1. The summed E-state index contributed by atoms with van der Waals surface area (Å²) >= 11 is 0. The van der Waals surface area contributed by atoms with Crippen LogP contribution in [0.1, 0.15) is 5.56 Å². The fraction of sp³-hybridized carbons (Fsp3) is 0.250. The van der Waals surface area contributed by atoms with Crippen LogP contribution in [0.5, 0.6) is 5.75 Å². The van der Waals surface area contributed by atoms with Gasteiger partial charge < -0.3 is 25.1 Å². The molecule has 0 amide bonds. The Bertz CT molecular complexity index is 1230. The maximum absolute atomic E-state index is 13.4. The maximum atomic E-state index is 13.4. The smallest absolute Gasteiger partial charge is 0.204 e. The molecule has 2 aromatic heterocycles. The number of H-pyrrole nitrogens is 1. The zero-order chi connectivity index (χ0) is 21.9. The molecule has 0 unspecified atom stereocenters. The van der Waals surface area contributed by atoms with Gasteiger partial charge in [-0.15, -0.1) is 0 Å². The highest BCUT2D eigenvalue weighted by molar-refractivity contribution is 5.83. The Morgan fingerprint density at radius 1 is 1.16 bits per heavy atom. The Hall–Kier alpha value is -3.65. The third-order valence-electron chi connectivity index (χ3n) is 5.47. The summed E-state index contributed by atoms with van der Waals surface area (Å²) in [6.45, 7) is 1.62. The molecule has 7 nitrogen and oxygen atoms in total. The summed E-state index contributed by atoms with van der Waals surface area (Å²) in [6, 6.07) is 14.4. The van der Waals surface area contributed by atoms with Gasteiger partial charge in [-0.1, -0.05) is 18.2 Å². The van der Waals surface area contributed by atoms with Gasteiger partial charge in [0.2, 0.25) is 5.75 Å². The van der Waals surface area contributed by atoms with Crippen molar-refractivity contribution in [3.8, 4) is 17.1 Å². The predicted molar refractivity (Wildman–Crippen MR) is 123 cm³/mol. The van der Waals surface area contributed by atoms with Crippen molar-refractivity contribution >= 4 is 22.5 Å². The molecule has 0 aliphatic carbocycles. The van der Waals surface area contributed by atoms with E-state index in [9.17, 15) is 4.39 Å². The van der Waals surface area contributed by atoms with Crippen molar-refractivity contribution < 1.29 is 13.9 Å². The lowest BCUT2D eigenvalue weighted by Gasteiger charge is -2.27. The molecule has 0 fully saturated rings. The molecule has 3 heterocycles. The Morgan fingerprint density at radius 2 is 2.00 bits per heavy atom. The lowest BCUT2D eigenvalue weighted by atomic mass is 10.1. The molecule has 164 valence electrons. The summed E-state index contributed by atoms with van der Waals surface area (Å²) in [6.07, 6.45) is 2.85. The zero-order valence-electron chi connectivity index (χ0n) is 17.7. The van der Waals surface area contributed by atoms with Crippen molar-refractivity contribution in [2.24, 2.45) is 0 Å². The van der Waals surface area contributed by atoms with Crippen LogP contribution in [0, 0.1) is 5.82 Å². The fourth-order valence-corrected chi connectivity index (χ4v) is 3.90. The molecular formula is C24H24FN5O2. The first kappa shape index (κ1) is 20.3. The lowest BCUT2D eigenvalue weighted by Crippen LogP contribution is -2.36. The van der Waals surface area contributed by atoms with E-state index in [0.29, 0.717) is 43.0 Å². The Labute approximate surface area is 185 Å². The molecule has 1 atom stereocenters. The molecule has 0 saturated heterocycles. The van der Waals surface area contributed by atoms with Crippen molar-refractivity contribution in [2.75, 3.05) is 37.5 Å². The molecule has 0 spiro atoms. The minimum absolute atomic E-state index is 0.0115. The number of nitrogens with one attached hydrogen (secondary N) is 3. The van der Waals surface area contributed by atoms with Crippen molar-refractivity contribution in [1.82, 2.24) is 15.0 Å². The standard InChI is InChI=1S/C24H24FN5O2/c1-31-13-18-14-32-21-23(26-11-10-16-12-27-20-5-3-2-4-19(16)20)29-22(30-24(21)28-18)15-6-8-17(25)9-7-15/h2-9,12,18,27H,10-11,13-14H2,1H3,(H2,26,28,29,30)/t18-/m1/s1. The molecule has 8 heteroatoms. The highest BCUT2D eigenvalue weighted by Crippen LogP contribution is 2.36. The van der Waals surface area contributed by atoms with Crippen LogP contribution in [0.4, 0.5) is 16.0 Å². The minimum atomic E-state index is -0.301. The van der Waals surface area contributed by atoms with E-state index in [0.717, 1.165) is 17.5 Å². The second kappa shape index (κ2) is 8.84. The normalized spacial score (nSPS) is 15.1. The van der Waals surface area contributed by atoms with Gasteiger partial charge in [0.15, 0.2) is 17.5 Å². The van der Waals surface area contributed by atoms with Crippen LogP contribution in [0.15, 0.2) is 54.7 Å². The number of rotatable bonds is 7. The number of nitrogens with zero attached hydrogens (tertiary/aromatic N) is 2. The summed E-state index contributed by atoms with van der Waals surface area (Å²) in [5.74, 6) is 1.99. The van der Waals surface area contributed by atoms with Crippen LogP contribution in [0.2, 0.25) is 0 Å². The second-order valence-corrected chi connectivity index (χ2v) is 7.72. The molecule has 0 radical (unpaired) electrons. The number of ether oxygens (including phenoxy) is 2. The van der Waals surface area contributed by atoms with Crippen LogP contribution in [-0.4, -0.2) is 47.9 Å². The van der Waals surface area contributed by atoms with E-state index < -0.39 is 0 Å². The van der Waals surface area contributed by atoms with Crippen LogP contribution in [-0.2, 0) is 11.2 Å². The number of halogens is 1. The van der Waals surface area contributed by atoms with Crippen molar-refractivity contribution in [3.63, 3.8) is 0 Å². The summed E-state index contributed by atoms with van der Waals surface area (Å²) in [5, 5.41) is 7.99. The van der Waals surface area contributed by atoms with Gasteiger partial charge in [0.25, 0.3) is 0 Å². The average Bonchev–Trinajstić information content (AvgIpc) is 3.22. The fourth-order valence-electron chi connectivity index (χ4n) is 3.90. The quantitative estimate of drug-likeness (QED) is 0.404. The number of benzene rings is 2. The third-order valence-corrected chi connectivity index (χ3v) is 5.47. The van der Waals surface area contributed by atoms with E-state index in [1.54, 1.807) is 19.2 Å². The summed E-state index contributed by atoms with van der Waals surface area (Å²) in [7, 11) is 1.65. The number of fused-ring (bicyclic) bond motifs is 2. The van der Waals surface area contributed by atoms with E-state index in [1.165, 1.54) is 23.1 Å². The monoisotopic (exact) mass is 433 g/mol. The highest BCUT2D eigenvalue weighted by Gasteiger charge is 2.25. The van der Waals surface area contributed by atoms with Crippen molar-refractivity contribution in [1.29, 1.82) is 0 Å². The molecule has 32 heavy (non-hydrogen) atoms. The van der Waals surface area contributed by atoms with Gasteiger partial charge in [0, 0.05) is 36.3 Å². The number of aromatic nitrogens is 3. The molecule has 1 aliphatic rings. The number of anilines is 2. The van der Waals surface area contributed by atoms with E-state index >= 15 is 0 Å². The molecule has 4 aromatic rings. The van der Waals surface area contributed by atoms with Crippen LogP contribution < -0.4 is 15.4 Å². The van der Waals surface area contributed by atoms with Crippen molar-refractivity contribution in [2.45, 2.75) is 12.5 Å². The number of hydrogen-bond acceptors (Lipinski definition) is 6. The maximum Gasteiger partial charge on any atom is 0.204 e. The summed E-state index contributed by atoms with van der Waals surface area (Å²) in [4.78, 5) is 12.6. The molecular weight excluding hydrogens is 409 g/mol. The number of aromatic amines is 1. The third kappa shape index (κ3) is 4.09. The Morgan fingerprint density at radius 3 is 2.84 bits per heavy atom. The second-order valence-electron chi connectivity index (χ2n) is 7.72. The lowest BCUT2D eigenvalue weighted by molar-refractivity contribution is 0.154. The predicted octanol–water partition coefficient (Wildman–Crippen LogP) is 4.24. The first-order valence-corrected chi connectivity index (χ1v) is 10.6. The average molecular weight is 433 g/mol. The molecule has 0 bridgehead atoms. The van der Waals surface area contributed by atoms with Gasteiger partial charge >= 0.3 is 0 Å². The number of para-hydroxylation sites is 1. The van der Waals surface area contributed by atoms with Crippen LogP contribution in [0.3, 0.4) is 0 Å². The molecule has 0 saturated carbocycles. The van der Waals surface area contributed by atoms with Gasteiger partial charge in [0.05, 0.1) is 12.6 Å². The molecule has 5 rings (SSSR count). The van der Waals surface area contributed by atoms with Gasteiger partial charge in [-0.2, -0.15) is 0 Å². The molecule has 2 aromatic carbocycles. The molecule has 3 N–H and O–H groups in total. The van der Waals surface area contributed by atoms with E-state index in [2.05, 4.69) is 37.7 Å². The van der Waals surface area contributed by atoms with E-state index in [4.69, 9.17) is 9.47 Å². The van der Waals surface area contributed by atoms with Crippen LogP contribution >= 0.6 is 0 Å². The van der Waals surface area contributed by atoms with E-state index in [-0.39, 0.29) is 11.9 Å². The van der Waals surface area contributed by atoms with Crippen LogP contribution in [0.25, 0.3) is 22.3 Å². The van der Waals surface area contributed by atoms with Gasteiger partial charge in [-0.25, -0.2) is 14.4 Å². The van der Waals surface area contributed by atoms with E-state index in [1.807, 2.05) is 18.3 Å². The Kier molecular flexibility index (Phi) is 5.60. The van der Waals surface area contributed by atoms with Gasteiger partial charge in [-0.05, 0) is 42.3 Å². The summed E-state index contributed by atoms with van der Waals surface area (Å²) < 4.78 is 24.6. The summed E-state index contributed by atoms with van der Waals surface area (Å²) in [5.41, 5.74) is 3.08. The Balaban J connectivity index is 1.41. The SMILES string of the molecule is COC[C@@H]1COc2c(NCCc3c[nH]c4ccccc34)nc(-c3ccc(F)cc3)nc2N1. The first-order chi connectivity index (χ1) is 15.7. The molecule has 1 aliphatic heterocycles. The zero-order valence-corrected chi connectivity index (χ0v) is 17.7.